The predicted octanol–water partition coefficient (Wildman–Crippen LogP) is 6.53. The van der Waals surface area contributed by atoms with E-state index in [9.17, 15) is 0 Å². The summed E-state index contributed by atoms with van der Waals surface area (Å²) in [6.45, 7) is 8.66. The molecule has 0 N–H and O–H groups in total. The molecule has 0 saturated carbocycles. The van der Waals surface area contributed by atoms with Crippen molar-refractivity contribution in [1.29, 1.82) is 0 Å². The Labute approximate surface area is 150 Å². The van der Waals surface area contributed by atoms with Crippen molar-refractivity contribution in [1.82, 2.24) is 0 Å². The van der Waals surface area contributed by atoms with Gasteiger partial charge >= 0.3 is 0 Å². The van der Waals surface area contributed by atoms with Gasteiger partial charge in [-0.25, -0.2) is 0 Å². The van der Waals surface area contributed by atoms with Gasteiger partial charge in [-0.2, -0.15) is 0 Å². The van der Waals surface area contributed by atoms with E-state index in [4.69, 9.17) is 4.42 Å². The van der Waals surface area contributed by atoms with E-state index in [1.165, 1.54) is 44.5 Å². The van der Waals surface area contributed by atoms with Crippen LogP contribution in [0.15, 0.2) is 46.9 Å². The number of furan rings is 1. The third kappa shape index (κ3) is 2.74. The minimum Gasteiger partial charge on any atom is -0.462 e. The Morgan fingerprint density at radius 1 is 0.960 bits per heavy atom. The molecule has 1 heteroatoms. The molecule has 1 heterocycles. The van der Waals surface area contributed by atoms with Crippen LogP contribution in [-0.2, 0) is 12.8 Å². The molecule has 2 aromatic carbocycles. The summed E-state index contributed by atoms with van der Waals surface area (Å²) in [4.78, 5) is 0. The summed E-state index contributed by atoms with van der Waals surface area (Å²) in [6.07, 6.45) is 4.35. The maximum atomic E-state index is 5.87. The summed E-state index contributed by atoms with van der Waals surface area (Å²) in [5.74, 6) is 1.96. The molecular weight excluding hydrogens is 304 g/mol. The lowest BCUT2D eigenvalue weighted by Crippen LogP contribution is -1.95. The maximum Gasteiger partial charge on any atom is 0.130 e. The molecule has 126 valence electrons. The number of rotatable bonds is 3. The Kier molecular flexibility index (Phi) is 3.88. The molecule has 0 spiro atoms. The van der Waals surface area contributed by atoms with Gasteiger partial charge < -0.3 is 4.42 Å². The molecule has 0 fully saturated rings. The van der Waals surface area contributed by atoms with Crippen molar-refractivity contribution in [2.75, 3.05) is 0 Å². The zero-order chi connectivity index (χ0) is 17.6. The van der Waals surface area contributed by atoms with Gasteiger partial charge in [-0.3, -0.25) is 0 Å². The number of fused-ring (bicyclic) bond motifs is 1. The molecule has 0 radical (unpaired) electrons. The Balaban J connectivity index is 1.86. The minimum absolute atomic E-state index is 0.948. The molecule has 0 saturated heterocycles. The third-order valence-electron chi connectivity index (χ3n) is 5.38. The maximum absolute atomic E-state index is 5.87. The van der Waals surface area contributed by atoms with Crippen molar-refractivity contribution in [3.8, 4) is 11.1 Å². The first-order valence-corrected chi connectivity index (χ1v) is 9.06. The summed E-state index contributed by atoms with van der Waals surface area (Å²) < 4.78 is 5.87. The first-order chi connectivity index (χ1) is 12.1. The average Bonchev–Trinajstić information content (AvgIpc) is 3.22. The Hall–Kier alpha value is -2.54. The first kappa shape index (κ1) is 16.0. The number of benzene rings is 2. The van der Waals surface area contributed by atoms with Crippen LogP contribution in [0.5, 0.6) is 0 Å². The van der Waals surface area contributed by atoms with Gasteiger partial charge in [0.25, 0.3) is 0 Å². The SMILES string of the molecule is CCc1ccc(-c2c(C)c(C)cc3c2C=C(c2ccc(C)o2)C3)cc1. The summed E-state index contributed by atoms with van der Waals surface area (Å²) in [5.41, 5.74) is 10.8. The molecule has 0 amide bonds. The van der Waals surface area contributed by atoms with Gasteiger partial charge in [-0.1, -0.05) is 37.3 Å². The van der Waals surface area contributed by atoms with Crippen molar-refractivity contribution in [2.24, 2.45) is 0 Å². The second kappa shape index (κ2) is 6.07. The number of hydrogen-bond donors (Lipinski definition) is 0. The van der Waals surface area contributed by atoms with Crippen LogP contribution in [0.25, 0.3) is 22.8 Å². The molecular formula is C24H24O. The second-order valence-corrected chi connectivity index (χ2v) is 7.07. The van der Waals surface area contributed by atoms with Crippen LogP contribution >= 0.6 is 0 Å². The lowest BCUT2D eigenvalue weighted by molar-refractivity contribution is 0.521. The van der Waals surface area contributed by atoms with Gasteiger partial charge in [-0.15, -0.1) is 0 Å². The molecule has 0 unspecified atom stereocenters. The smallest absolute Gasteiger partial charge is 0.130 e. The summed E-state index contributed by atoms with van der Waals surface area (Å²) in [6, 6.07) is 15.5. The van der Waals surface area contributed by atoms with Gasteiger partial charge in [0.15, 0.2) is 0 Å². The number of hydrogen-bond acceptors (Lipinski definition) is 1. The van der Waals surface area contributed by atoms with E-state index in [0.29, 0.717) is 0 Å². The summed E-state index contributed by atoms with van der Waals surface area (Å²) in [5, 5.41) is 0. The van der Waals surface area contributed by atoms with Crippen LogP contribution < -0.4 is 0 Å². The Bertz CT molecular complexity index is 968. The molecule has 1 aliphatic carbocycles. The lowest BCUT2D eigenvalue weighted by atomic mass is 9.89. The molecule has 4 rings (SSSR count). The van der Waals surface area contributed by atoms with Crippen molar-refractivity contribution in [3.05, 3.63) is 81.8 Å². The van der Waals surface area contributed by atoms with Gasteiger partial charge in [-0.05, 0) is 89.9 Å². The number of allylic oxidation sites excluding steroid dienone is 1. The van der Waals surface area contributed by atoms with Crippen LogP contribution in [0.1, 0.15) is 46.3 Å². The average molecular weight is 328 g/mol. The van der Waals surface area contributed by atoms with Crippen LogP contribution in [0.4, 0.5) is 0 Å². The van der Waals surface area contributed by atoms with E-state index < -0.39 is 0 Å². The monoisotopic (exact) mass is 328 g/mol. The highest BCUT2D eigenvalue weighted by atomic mass is 16.3. The second-order valence-electron chi connectivity index (χ2n) is 7.07. The predicted molar refractivity (Wildman–Crippen MR) is 106 cm³/mol. The van der Waals surface area contributed by atoms with Gasteiger partial charge in [0.2, 0.25) is 0 Å². The lowest BCUT2D eigenvalue weighted by Gasteiger charge is -2.15. The standard InChI is InChI=1S/C24H24O/c1-5-18-7-9-19(10-8-18)24-17(4)15(2)12-20-13-21(14-22(20)24)23-11-6-16(3)25-23/h6-12,14H,5,13H2,1-4H3. The Morgan fingerprint density at radius 3 is 2.36 bits per heavy atom. The van der Waals surface area contributed by atoms with E-state index >= 15 is 0 Å². The number of aryl methyl sites for hydroxylation is 3. The summed E-state index contributed by atoms with van der Waals surface area (Å²) in [7, 11) is 0. The van der Waals surface area contributed by atoms with Crippen molar-refractivity contribution in [3.63, 3.8) is 0 Å². The first-order valence-electron chi connectivity index (χ1n) is 9.06. The zero-order valence-electron chi connectivity index (χ0n) is 15.4. The molecule has 0 atom stereocenters. The topological polar surface area (TPSA) is 13.1 Å². The highest BCUT2D eigenvalue weighted by Crippen LogP contribution is 2.41. The molecule has 1 aromatic heterocycles. The van der Waals surface area contributed by atoms with Crippen molar-refractivity contribution in [2.45, 2.75) is 40.5 Å². The molecule has 25 heavy (non-hydrogen) atoms. The quantitative estimate of drug-likeness (QED) is 0.532. The van der Waals surface area contributed by atoms with Crippen LogP contribution in [0.2, 0.25) is 0 Å². The van der Waals surface area contributed by atoms with E-state index in [0.717, 1.165) is 24.4 Å². The molecule has 0 aliphatic heterocycles. The van der Waals surface area contributed by atoms with Gasteiger partial charge in [0.1, 0.15) is 11.5 Å². The van der Waals surface area contributed by atoms with Crippen LogP contribution in [0, 0.1) is 20.8 Å². The van der Waals surface area contributed by atoms with Crippen LogP contribution in [-0.4, -0.2) is 0 Å². The van der Waals surface area contributed by atoms with Crippen molar-refractivity contribution >= 4 is 11.6 Å². The third-order valence-corrected chi connectivity index (χ3v) is 5.38. The molecule has 1 aliphatic rings. The summed E-state index contributed by atoms with van der Waals surface area (Å²) >= 11 is 0. The van der Waals surface area contributed by atoms with E-state index in [-0.39, 0.29) is 0 Å². The van der Waals surface area contributed by atoms with Crippen molar-refractivity contribution < 1.29 is 4.42 Å². The fraction of sp³-hybridized carbons (Fsp3) is 0.250. The largest absolute Gasteiger partial charge is 0.462 e. The van der Waals surface area contributed by atoms with E-state index in [2.05, 4.69) is 63.2 Å². The highest BCUT2D eigenvalue weighted by Gasteiger charge is 2.22. The Morgan fingerprint density at radius 2 is 1.72 bits per heavy atom. The fourth-order valence-corrected chi connectivity index (χ4v) is 3.79. The highest BCUT2D eigenvalue weighted by molar-refractivity contribution is 5.94. The molecule has 1 nitrogen and oxygen atoms in total. The minimum atomic E-state index is 0.948. The normalized spacial score (nSPS) is 13.0. The molecule has 0 bridgehead atoms. The fourth-order valence-electron chi connectivity index (χ4n) is 3.79. The van der Waals surface area contributed by atoms with Crippen LogP contribution in [0.3, 0.4) is 0 Å². The van der Waals surface area contributed by atoms with Gasteiger partial charge in [0.05, 0.1) is 0 Å². The zero-order valence-corrected chi connectivity index (χ0v) is 15.4. The van der Waals surface area contributed by atoms with E-state index in [1.807, 2.05) is 13.0 Å². The molecule has 3 aromatic rings. The van der Waals surface area contributed by atoms with E-state index in [1.54, 1.807) is 0 Å². The van der Waals surface area contributed by atoms with Gasteiger partial charge in [0, 0.05) is 6.42 Å².